The highest BCUT2D eigenvalue weighted by atomic mass is 16.3. The standard InChI is InChI=1S/C16H32N2O2/c17-14(11-13-7-3-1-4-8-13)16(20)15(19)12-18-9-5-2-6-10-18/h13-16,19-20H,1-12,17H2/t14-,15?,16?/m0/s1. The highest BCUT2D eigenvalue weighted by Crippen LogP contribution is 2.27. The minimum absolute atomic E-state index is 0.280. The van der Waals surface area contributed by atoms with E-state index in [-0.39, 0.29) is 6.04 Å². The van der Waals surface area contributed by atoms with Crippen molar-refractivity contribution in [1.29, 1.82) is 0 Å². The Hall–Kier alpha value is -0.160. The van der Waals surface area contributed by atoms with Crippen LogP contribution in [0.5, 0.6) is 0 Å². The zero-order valence-corrected chi connectivity index (χ0v) is 12.7. The molecule has 0 aromatic carbocycles. The van der Waals surface area contributed by atoms with Gasteiger partial charge in [-0.3, -0.25) is 0 Å². The zero-order chi connectivity index (χ0) is 14.4. The SMILES string of the molecule is N[C@@H](CC1CCCCC1)C(O)C(O)CN1CCCCC1. The predicted octanol–water partition coefficient (Wildman–Crippen LogP) is 1.49. The summed E-state index contributed by atoms with van der Waals surface area (Å²) in [5.74, 6) is 0.649. The zero-order valence-electron chi connectivity index (χ0n) is 12.7. The first-order valence-electron chi connectivity index (χ1n) is 8.51. The van der Waals surface area contributed by atoms with Crippen molar-refractivity contribution >= 4 is 0 Å². The van der Waals surface area contributed by atoms with Crippen LogP contribution in [0.2, 0.25) is 0 Å². The maximum absolute atomic E-state index is 10.2. The van der Waals surface area contributed by atoms with Gasteiger partial charge in [0.1, 0.15) is 0 Å². The monoisotopic (exact) mass is 284 g/mol. The Bertz CT molecular complexity index is 237. The third-order valence-electron chi connectivity index (χ3n) is 5.06. The Kier molecular flexibility index (Phi) is 6.75. The van der Waals surface area contributed by atoms with Gasteiger partial charge in [-0.15, -0.1) is 0 Å². The smallest absolute Gasteiger partial charge is 0.0962 e. The van der Waals surface area contributed by atoms with Gasteiger partial charge in [0.25, 0.3) is 0 Å². The highest BCUT2D eigenvalue weighted by Gasteiger charge is 2.28. The second-order valence-electron chi connectivity index (χ2n) is 6.82. The van der Waals surface area contributed by atoms with Crippen molar-refractivity contribution in [1.82, 2.24) is 4.90 Å². The van der Waals surface area contributed by atoms with Crippen LogP contribution in [-0.2, 0) is 0 Å². The van der Waals surface area contributed by atoms with E-state index in [0.717, 1.165) is 19.5 Å². The summed E-state index contributed by atoms with van der Waals surface area (Å²) in [5, 5.41) is 20.4. The molecule has 1 aliphatic carbocycles. The van der Waals surface area contributed by atoms with E-state index in [1.807, 2.05) is 0 Å². The molecule has 0 radical (unpaired) electrons. The van der Waals surface area contributed by atoms with E-state index < -0.39 is 12.2 Å². The van der Waals surface area contributed by atoms with Crippen LogP contribution in [0.4, 0.5) is 0 Å². The van der Waals surface area contributed by atoms with Crippen LogP contribution >= 0.6 is 0 Å². The Morgan fingerprint density at radius 3 is 2.20 bits per heavy atom. The number of hydrogen-bond donors (Lipinski definition) is 3. The van der Waals surface area contributed by atoms with Crippen LogP contribution in [0, 0.1) is 5.92 Å². The van der Waals surface area contributed by atoms with Crippen LogP contribution in [0.15, 0.2) is 0 Å². The van der Waals surface area contributed by atoms with E-state index >= 15 is 0 Å². The van der Waals surface area contributed by atoms with E-state index in [1.54, 1.807) is 0 Å². The molecule has 4 nitrogen and oxygen atoms in total. The molecule has 4 heteroatoms. The van der Waals surface area contributed by atoms with Gasteiger partial charge in [-0.1, -0.05) is 38.5 Å². The van der Waals surface area contributed by atoms with Crippen molar-refractivity contribution < 1.29 is 10.2 Å². The Labute approximate surface area is 123 Å². The molecule has 0 aromatic rings. The Morgan fingerprint density at radius 2 is 1.55 bits per heavy atom. The van der Waals surface area contributed by atoms with Gasteiger partial charge in [0.05, 0.1) is 12.2 Å². The second-order valence-corrected chi connectivity index (χ2v) is 6.82. The molecular weight excluding hydrogens is 252 g/mol. The first kappa shape index (κ1) is 16.2. The number of aliphatic hydroxyl groups excluding tert-OH is 2. The molecule has 0 aromatic heterocycles. The maximum atomic E-state index is 10.2. The highest BCUT2D eigenvalue weighted by molar-refractivity contribution is 4.84. The van der Waals surface area contributed by atoms with Gasteiger partial charge in [-0.25, -0.2) is 0 Å². The fourth-order valence-corrected chi connectivity index (χ4v) is 3.75. The van der Waals surface area contributed by atoms with Crippen molar-refractivity contribution in [2.75, 3.05) is 19.6 Å². The molecule has 118 valence electrons. The van der Waals surface area contributed by atoms with Gasteiger partial charge in [-0.2, -0.15) is 0 Å². The van der Waals surface area contributed by atoms with Crippen LogP contribution in [-0.4, -0.2) is 53.0 Å². The van der Waals surface area contributed by atoms with E-state index in [1.165, 1.54) is 51.4 Å². The summed E-state index contributed by atoms with van der Waals surface area (Å²) in [6, 6.07) is -0.280. The van der Waals surface area contributed by atoms with Crippen molar-refractivity contribution in [2.45, 2.75) is 76.0 Å². The molecule has 1 saturated heterocycles. The largest absolute Gasteiger partial charge is 0.389 e. The van der Waals surface area contributed by atoms with Crippen molar-refractivity contribution in [3.8, 4) is 0 Å². The molecule has 3 atom stereocenters. The maximum Gasteiger partial charge on any atom is 0.0962 e. The summed E-state index contributed by atoms with van der Waals surface area (Å²) in [4.78, 5) is 2.25. The molecule has 0 amide bonds. The molecule has 2 unspecified atom stereocenters. The summed E-state index contributed by atoms with van der Waals surface area (Å²) in [6.07, 6.45) is 9.48. The molecule has 1 heterocycles. The van der Waals surface area contributed by atoms with Crippen LogP contribution in [0.3, 0.4) is 0 Å². The summed E-state index contributed by atoms with van der Waals surface area (Å²) < 4.78 is 0. The molecule has 4 N–H and O–H groups in total. The van der Waals surface area contributed by atoms with Gasteiger partial charge in [0.2, 0.25) is 0 Å². The predicted molar refractivity (Wildman–Crippen MR) is 81.5 cm³/mol. The molecule has 2 rings (SSSR count). The quantitative estimate of drug-likeness (QED) is 0.691. The van der Waals surface area contributed by atoms with Crippen LogP contribution < -0.4 is 5.73 Å². The Morgan fingerprint density at radius 1 is 0.950 bits per heavy atom. The molecule has 0 spiro atoms. The number of aliphatic hydroxyl groups is 2. The first-order valence-corrected chi connectivity index (χ1v) is 8.51. The van der Waals surface area contributed by atoms with E-state index in [2.05, 4.69) is 4.90 Å². The molecular formula is C16H32N2O2. The number of nitrogens with two attached hydrogens (primary N) is 1. The number of β-amino-alcohol motifs (C(OH)–C–C–N with tert-alkyl or cyclic N) is 1. The molecule has 1 aliphatic heterocycles. The van der Waals surface area contributed by atoms with E-state index in [4.69, 9.17) is 5.73 Å². The van der Waals surface area contributed by atoms with Gasteiger partial charge < -0.3 is 20.8 Å². The fraction of sp³-hybridized carbons (Fsp3) is 1.00. The first-order chi connectivity index (χ1) is 9.66. The number of nitrogens with zero attached hydrogens (tertiary/aromatic N) is 1. The van der Waals surface area contributed by atoms with Gasteiger partial charge >= 0.3 is 0 Å². The van der Waals surface area contributed by atoms with Gasteiger partial charge in [-0.05, 0) is 38.3 Å². The summed E-state index contributed by atoms with van der Waals surface area (Å²) in [7, 11) is 0. The summed E-state index contributed by atoms with van der Waals surface area (Å²) >= 11 is 0. The van der Waals surface area contributed by atoms with Gasteiger partial charge in [0.15, 0.2) is 0 Å². The minimum Gasteiger partial charge on any atom is -0.389 e. The molecule has 20 heavy (non-hydrogen) atoms. The number of piperidine rings is 1. The van der Waals surface area contributed by atoms with Crippen LogP contribution in [0.1, 0.15) is 57.8 Å². The molecule has 2 fully saturated rings. The number of hydrogen-bond acceptors (Lipinski definition) is 4. The lowest BCUT2D eigenvalue weighted by molar-refractivity contribution is -0.0219. The fourth-order valence-electron chi connectivity index (χ4n) is 3.75. The van der Waals surface area contributed by atoms with Crippen molar-refractivity contribution in [3.05, 3.63) is 0 Å². The lowest BCUT2D eigenvalue weighted by Gasteiger charge is -2.33. The molecule has 2 aliphatic rings. The topological polar surface area (TPSA) is 69.7 Å². The van der Waals surface area contributed by atoms with Crippen LogP contribution in [0.25, 0.3) is 0 Å². The average Bonchev–Trinajstić information content (AvgIpc) is 2.48. The average molecular weight is 284 g/mol. The third kappa shape index (κ3) is 4.99. The van der Waals surface area contributed by atoms with Gasteiger partial charge in [0, 0.05) is 12.6 Å². The van der Waals surface area contributed by atoms with E-state index in [0.29, 0.717) is 12.5 Å². The third-order valence-corrected chi connectivity index (χ3v) is 5.06. The second kappa shape index (κ2) is 8.32. The molecule has 0 bridgehead atoms. The number of rotatable bonds is 6. The summed E-state index contributed by atoms with van der Waals surface area (Å²) in [6.45, 7) is 2.66. The Balaban J connectivity index is 1.71. The number of likely N-dealkylation sites (tertiary alicyclic amines) is 1. The van der Waals surface area contributed by atoms with E-state index in [9.17, 15) is 10.2 Å². The van der Waals surface area contributed by atoms with Crippen molar-refractivity contribution in [3.63, 3.8) is 0 Å². The summed E-state index contributed by atoms with van der Waals surface area (Å²) in [5.41, 5.74) is 6.13. The minimum atomic E-state index is -0.779. The molecule has 1 saturated carbocycles. The lowest BCUT2D eigenvalue weighted by Crippen LogP contribution is -2.49. The normalized spacial score (nSPS) is 27.1. The van der Waals surface area contributed by atoms with Crippen molar-refractivity contribution in [2.24, 2.45) is 11.7 Å². The lowest BCUT2D eigenvalue weighted by atomic mass is 9.83.